The molecule has 1 fully saturated rings. The SMILES string of the molecule is CC(C)NC(=O)NCc1ccc(C(=O)O[C@@H](C(=O)N2CCCC2)c2ccccc2)cc1. The van der Waals surface area contributed by atoms with Crippen molar-refractivity contribution in [3.63, 3.8) is 0 Å². The average molecular weight is 424 g/mol. The highest BCUT2D eigenvalue weighted by molar-refractivity contribution is 5.92. The molecular formula is C24H29N3O4. The largest absolute Gasteiger partial charge is 0.444 e. The minimum Gasteiger partial charge on any atom is -0.444 e. The van der Waals surface area contributed by atoms with E-state index in [9.17, 15) is 14.4 Å². The lowest BCUT2D eigenvalue weighted by Crippen LogP contribution is -2.39. The van der Waals surface area contributed by atoms with Gasteiger partial charge in [-0.2, -0.15) is 0 Å². The molecule has 0 radical (unpaired) electrons. The molecule has 3 amide bonds. The summed E-state index contributed by atoms with van der Waals surface area (Å²) < 4.78 is 5.67. The van der Waals surface area contributed by atoms with Gasteiger partial charge in [0.15, 0.2) is 0 Å². The molecule has 0 spiro atoms. The summed E-state index contributed by atoms with van der Waals surface area (Å²) in [6.45, 7) is 5.49. The fourth-order valence-electron chi connectivity index (χ4n) is 3.42. The second-order valence-corrected chi connectivity index (χ2v) is 7.91. The van der Waals surface area contributed by atoms with E-state index < -0.39 is 12.1 Å². The van der Waals surface area contributed by atoms with Crippen molar-refractivity contribution >= 4 is 17.9 Å². The molecule has 164 valence electrons. The molecule has 0 aromatic heterocycles. The maximum atomic E-state index is 13.0. The number of hydrogen-bond acceptors (Lipinski definition) is 4. The van der Waals surface area contributed by atoms with E-state index in [-0.39, 0.29) is 18.0 Å². The number of benzene rings is 2. The van der Waals surface area contributed by atoms with E-state index in [1.165, 1.54) is 0 Å². The van der Waals surface area contributed by atoms with Crippen LogP contribution < -0.4 is 10.6 Å². The van der Waals surface area contributed by atoms with E-state index in [1.54, 1.807) is 41.3 Å². The number of carbonyl (C=O) groups is 3. The molecule has 31 heavy (non-hydrogen) atoms. The van der Waals surface area contributed by atoms with Gasteiger partial charge in [0, 0.05) is 31.2 Å². The van der Waals surface area contributed by atoms with Crippen molar-refractivity contribution in [2.45, 2.75) is 45.4 Å². The molecule has 1 aliphatic rings. The van der Waals surface area contributed by atoms with Crippen molar-refractivity contribution in [1.82, 2.24) is 15.5 Å². The Bertz CT molecular complexity index is 891. The van der Waals surface area contributed by atoms with E-state index >= 15 is 0 Å². The van der Waals surface area contributed by atoms with Gasteiger partial charge in [0.2, 0.25) is 6.10 Å². The summed E-state index contributed by atoms with van der Waals surface area (Å²) in [6, 6.07) is 15.7. The third kappa shape index (κ3) is 6.31. The Morgan fingerprint density at radius 3 is 2.23 bits per heavy atom. The Labute approximate surface area is 182 Å². The molecule has 1 saturated heterocycles. The first-order chi connectivity index (χ1) is 14.9. The molecule has 0 bridgehead atoms. The van der Waals surface area contributed by atoms with Gasteiger partial charge in [0.25, 0.3) is 5.91 Å². The Morgan fingerprint density at radius 1 is 0.968 bits per heavy atom. The monoisotopic (exact) mass is 423 g/mol. The third-order valence-corrected chi connectivity index (χ3v) is 5.03. The number of esters is 1. The van der Waals surface area contributed by atoms with Gasteiger partial charge < -0.3 is 20.3 Å². The van der Waals surface area contributed by atoms with E-state index in [0.29, 0.717) is 30.8 Å². The lowest BCUT2D eigenvalue weighted by atomic mass is 10.1. The molecule has 7 nitrogen and oxygen atoms in total. The van der Waals surface area contributed by atoms with Crippen LogP contribution in [0, 0.1) is 0 Å². The molecular weight excluding hydrogens is 394 g/mol. The summed E-state index contributed by atoms with van der Waals surface area (Å²) in [6.07, 6.45) is 0.963. The van der Waals surface area contributed by atoms with Gasteiger partial charge in [-0.25, -0.2) is 9.59 Å². The second kappa shape index (κ2) is 10.6. The molecule has 7 heteroatoms. The van der Waals surface area contributed by atoms with Crippen molar-refractivity contribution in [2.75, 3.05) is 13.1 Å². The number of nitrogens with zero attached hydrogens (tertiary/aromatic N) is 1. The average Bonchev–Trinajstić information content (AvgIpc) is 3.31. The Balaban J connectivity index is 1.65. The van der Waals surface area contributed by atoms with Crippen molar-refractivity contribution in [3.05, 3.63) is 71.3 Å². The molecule has 2 aromatic rings. The Morgan fingerprint density at radius 2 is 1.61 bits per heavy atom. The lowest BCUT2D eigenvalue weighted by Gasteiger charge is -2.23. The Kier molecular flexibility index (Phi) is 7.65. The number of rotatable bonds is 7. The van der Waals surface area contributed by atoms with Crippen LogP contribution in [0.2, 0.25) is 0 Å². The zero-order valence-corrected chi connectivity index (χ0v) is 18.0. The molecule has 0 unspecified atom stereocenters. The smallest absolute Gasteiger partial charge is 0.339 e. The quantitative estimate of drug-likeness (QED) is 0.668. The number of nitrogens with one attached hydrogen (secondary N) is 2. The van der Waals surface area contributed by atoms with Gasteiger partial charge >= 0.3 is 12.0 Å². The Hall–Kier alpha value is -3.35. The first-order valence-corrected chi connectivity index (χ1v) is 10.6. The van der Waals surface area contributed by atoms with Gasteiger partial charge in [0.1, 0.15) is 0 Å². The molecule has 1 atom stereocenters. The van der Waals surface area contributed by atoms with Crippen molar-refractivity contribution < 1.29 is 19.1 Å². The zero-order chi connectivity index (χ0) is 22.2. The number of urea groups is 1. The third-order valence-electron chi connectivity index (χ3n) is 5.03. The first kappa shape index (κ1) is 22.3. The standard InChI is InChI=1S/C24H29N3O4/c1-17(2)26-24(30)25-16-18-10-12-20(13-11-18)23(29)31-21(19-8-4-3-5-9-19)22(28)27-14-6-7-15-27/h3-5,8-13,17,21H,6-7,14-16H2,1-2H3,(H2,25,26,30)/t21-/m1/s1. The highest BCUT2D eigenvalue weighted by Gasteiger charge is 2.31. The number of carbonyl (C=O) groups excluding carboxylic acids is 3. The maximum absolute atomic E-state index is 13.0. The minimum atomic E-state index is -0.965. The zero-order valence-electron chi connectivity index (χ0n) is 18.0. The van der Waals surface area contributed by atoms with Gasteiger partial charge in [-0.15, -0.1) is 0 Å². The maximum Gasteiger partial charge on any atom is 0.339 e. The fraction of sp³-hybridized carbons (Fsp3) is 0.375. The van der Waals surface area contributed by atoms with E-state index in [1.807, 2.05) is 32.0 Å². The van der Waals surface area contributed by atoms with Crippen molar-refractivity contribution in [3.8, 4) is 0 Å². The lowest BCUT2D eigenvalue weighted by molar-refractivity contribution is -0.140. The van der Waals surface area contributed by atoms with Crippen LogP contribution in [0.4, 0.5) is 4.79 Å². The fourth-order valence-corrected chi connectivity index (χ4v) is 3.42. The first-order valence-electron chi connectivity index (χ1n) is 10.6. The van der Waals surface area contributed by atoms with Gasteiger partial charge in [-0.3, -0.25) is 4.79 Å². The minimum absolute atomic E-state index is 0.0537. The normalized spacial score (nSPS) is 14.2. The predicted molar refractivity (Wildman–Crippen MR) is 117 cm³/mol. The molecule has 1 aliphatic heterocycles. The van der Waals surface area contributed by atoms with E-state index in [4.69, 9.17) is 4.74 Å². The van der Waals surface area contributed by atoms with Gasteiger partial charge in [-0.05, 0) is 44.4 Å². The highest BCUT2D eigenvalue weighted by Crippen LogP contribution is 2.24. The van der Waals surface area contributed by atoms with Crippen LogP contribution in [0.15, 0.2) is 54.6 Å². The summed E-state index contributed by atoms with van der Waals surface area (Å²) in [7, 11) is 0. The molecule has 2 aromatic carbocycles. The van der Waals surface area contributed by atoms with Crippen LogP contribution in [-0.2, 0) is 16.1 Å². The molecule has 0 aliphatic carbocycles. The molecule has 1 heterocycles. The number of likely N-dealkylation sites (tertiary alicyclic amines) is 1. The summed E-state index contributed by atoms with van der Waals surface area (Å²) in [5, 5.41) is 5.52. The number of amides is 3. The van der Waals surface area contributed by atoms with Crippen LogP contribution in [0.5, 0.6) is 0 Å². The van der Waals surface area contributed by atoms with Crippen molar-refractivity contribution in [1.29, 1.82) is 0 Å². The van der Waals surface area contributed by atoms with E-state index in [2.05, 4.69) is 10.6 Å². The molecule has 2 N–H and O–H groups in total. The summed E-state index contributed by atoms with van der Waals surface area (Å²) in [5.74, 6) is -0.743. The van der Waals surface area contributed by atoms with E-state index in [0.717, 1.165) is 18.4 Å². The van der Waals surface area contributed by atoms with Crippen LogP contribution in [0.3, 0.4) is 0 Å². The summed E-state index contributed by atoms with van der Waals surface area (Å²) in [4.78, 5) is 39.2. The summed E-state index contributed by atoms with van der Waals surface area (Å²) >= 11 is 0. The topological polar surface area (TPSA) is 87.7 Å². The van der Waals surface area contributed by atoms with Crippen LogP contribution >= 0.6 is 0 Å². The predicted octanol–water partition coefficient (Wildman–Crippen LogP) is 3.41. The van der Waals surface area contributed by atoms with Gasteiger partial charge in [0.05, 0.1) is 5.56 Å². The number of hydrogen-bond donors (Lipinski definition) is 2. The second-order valence-electron chi connectivity index (χ2n) is 7.91. The molecule has 3 rings (SSSR count). The van der Waals surface area contributed by atoms with Crippen molar-refractivity contribution in [2.24, 2.45) is 0 Å². The van der Waals surface area contributed by atoms with Crippen LogP contribution in [0.25, 0.3) is 0 Å². The van der Waals surface area contributed by atoms with Gasteiger partial charge in [-0.1, -0.05) is 42.5 Å². The van der Waals surface area contributed by atoms with Crippen LogP contribution in [-0.4, -0.2) is 41.9 Å². The highest BCUT2D eigenvalue weighted by atomic mass is 16.5. The number of ether oxygens (including phenoxy) is 1. The molecule has 0 saturated carbocycles. The van der Waals surface area contributed by atoms with Crippen LogP contribution in [0.1, 0.15) is 54.3 Å². The summed E-state index contributed by atoms with van der Waals surface area (Å²) in [5.41, 5.74) is 1.86.